The van der Waals surface area contributed by atoms with Crippen molar-refractivity contribution in [3.05, 3.63) is 143 Å². The number of halogens is 1. The lowest BCUT2D eigenvalue weighted by molar-refractivity contribution is -0.150. The van der Waals surface area contributed by atoms with Crippen LogP contribution < -0.4 is 10.6 Å². The molecule has 1 unspecified atom stereocenters. The minimum absolute atomic E-state index is 0.0140. The largest absolute Gasteiger partial charge is 0.477 e. The number of anilines is 1. The minimum atomic E-state index is -1.24. The molecule has 3 aromatic carbocycles. The van der Waals surface area contributed by atoms with E-state index < -0.39 is 34.7 Å². The van der Waals surface area contributed by atoms with E-state index in [9.17, 15) is 19.5 Å². The molecule has 6 rings (SSSR count). The van der Waals surface area contributed by atoms with Crippen LogP contribution in [-0.2, 0) is 24.8 Å². The van der Waals surface area contributed by atoms with Crippen LogP contribution in [0.5, 0.6) is 0 Å². The Morgan fingerprint density at radius 3 is 2.15 bits per heavy atom. The Bertz CT molecular complexity index is 1790. The topological polar surface area (TPSA) is 133 Å². The molecule has 244 valence electrons. The normalized spacial score (nSPS) is 17.6. The second kappa shape index (κ2) is 14.5. The number of β-lactam (4-membered cyclic amide) rings is 1. The number of aromatic nitrogens is 1. The summed E-state index contributed by atoms with van der Waals surface area (Å²) in [7, 11) is 0. The van der Waals surface area contributed by atoms with E-state index in [2.05, 4.69) is 22.4 Å². The number of hydrogen-bond acceptors (Lipinski definition) is 9. The molecule has 13 heteroatoms. The number of aliphatic carboxylic acids is 1. The van der Waals surface area contributed by atoms with Gasteiger partial charge in [-0.1, -0.05) is 109 Å². The molecule has 2 atom stereocenters. The Labute approximate surface area is 290 Å². The van der Waals surface area contributed by atoms with Crippen molar-refractivity contribution in [1.29, 1.82) is 0 Å². The summed E-state index contributed by atoms with van der Waals surface area (Å²) in [6, 6.07) is 29.1. The van der Waals surface area contributed by atoms with Crippen molar-refractivity contribution in [3.8, 4) is 0 Å². The summed E-state index contributed by atoms with van der Waals surface area (Å²) in [5, 5.41) is 21.8. The molecule has 2 aliphatic rings. The number of amides is 2. The van der Waals surface area contributed by atoms with Gasteiger partial charge in [0, 0.05) is 17.0 Å². The van der Waals surface area contributed by atoms with Gasteiger partial charge >= 0.3 is 5.97 Å². The van der Waals surface area contributed by atoms with E-state index in [-0.39, 0.29) is 29.6 Å². The molecule has 3 N–H and O–H groups in total. The third-order valence-electron chi connectivity index (χ3n) is 7.92. The quantitative estimate of drug-likeness (QED) is 0.0320. The first kappa shape index (κ1) is 33.0. The zero-order valence-corrected chi connectivity index (χ0v) is 27.8. The predicted molar refractivity (Wildman–Crippen MR) is 188 cm³/mol. The van der Waals surface area contributed by atoms with Crippen molar-refractivity contribution in [2.24, 2.45) is 5.16 Å². The van der Waals surface area contributed by atoms with Crippen LogP contribution in [0.2, 0.25) is 0 Å². The fraction of sp³-hybridized carbons (Fsp3) is 0.171. The average molecular weight is 700 g/mol. The summed E-state index contributed by atoms with van der Waals surface area (Å²) >= 11 is 8.57. The van der Waals surface area contributed by atoms with Crippen molar-refractivity contribution >= 4 is 63.3 Å². The maximum Gasteiger partial charge on any atom is 0.352 e. The van der Waals surface area contributed by atoms with Crippen LogP contribution in [0.1, 0.15) is 22.4 Å². The number of carboxylic acids is 1. The molecule has 2 amide bonds. The number of alkyl halides is 1. The molecule has 1 aromatic heterocycles. The number of rotatable bonds is 13. The first-order valence-electron chi connectivity index (χ1n) is 14.9. The number of nitrogens with zero attached hydrogens (tertiary/aromatic N) is 3. The van der Waals surface area contributed by atoms with Crippen LogP contribution in [-0.4, -0.2) is 68.1 Å². The molecule has 1 fully saturated rings. The number of oxime groups is 1. The lowest BCUT2D eigenvalue weighted by atomic mass is 9.77. The van der Waals surface area contributed by atoms with Crippen molar-refractivity contribution in [2.45, 2.75) is 17.0 Å². The zero-order chi connectivity index (χ0) is 33.7. The highest BCUT2D eigenvalue weighted by Gasteiger charge is 2.54. The molecule has 48 heavy (non-hydrogen) atoms. The van der Waals surface area contributed by atoms with Gasteiger partial charge in [-0.25, -0.2) is 9.78 Å². The molecule has 3 heterocycles. The second-order valence-electron chi connectivity index (χ2n) is 10.8. The number of nitrogens with one attached hydrogen (secondary N) is 2. The highest BCUT2D eigenvalue weighted by molar-refractivity contribution is 8.00. The summed E-state index contributed by atoms with van der Waals surface area (Å²) in [5.41, 5.74) is 2.47. The minimum Gasteiger partial charge on any atom is -0.477 e. The predicted octanol–water partition coefficient (Wildman–Crippen LogP) is 5.43. The van der Waals surface area contributed by atoms with Gasteiger partial charge in [0.2, 0.25) is 0 Å². The molecule has 0 bridgehead atoms. The third-order valence-corrected chi connectivity index (χ3v) is 10.3. The fourth-order valence-corrected chi connectivity index (χ4v) is 8.17. The van der Waals surface area contributed by atoms with E-state index in [4.69, 9.17) is 21.4 Å². The van der Waals surface area contributed by atoms with Crippen LogP contribution in [0, 0.1) is 0 Å². The van der Waals surface area contributed by atoms with E-state index >= 15 is 0 Å². The number of thioether (sulfide) groups is 1. The standard InChI is InChI=1S/C35H30ClN5O5S2/c1-2-18-46-40-27(30(42)38-28-31(43)41-29(33(44)45)22(19-36)20-47-32(28)41)26-21-48-34(37-26)39-35(23-12-6-3-7-13-23,24-14-8-4-9-15-24)25-16-10-5-11-17-25/h2-17,21,28,32H,1,18-20H2,(H,37,39)(H,38,42)(H,44,45)/b40-27-/t28?,32-/m1/s1. The number of hydrogen-bond donors (Lipinski definition) is 3. The smallest absolute Gasteiger partial charge is 0.352 e. The Morgan fingerprint density at radius 2 is 1.62 bits per heavy atom. The van der Waals surface area contributed by atoms with Crippen LogP contribution in [0.3, 0.4) is 0 Å². The molecule has 2 aliphatic heterocycles. The van der Waals surface area contributed by atoms with Gasteiger partial charge in [-0.2, -0.15) is 0 Å². The van der Waals surface area contributed by atoms with E-state index in [0.717, 1.165) is 16.7 Å². The Balaban J connectivity index is 1.32. The zero-order valence-electron chi connectivity index (χ0n) is 25.4. The van der Waals surface area contributed by atoms with Gasteiger partial charge in [0.1, 0.15) is 35.0 Å². The van der Waals surface area contributed by atoms with Gasteiger partial charge in [-0.3, -0.25) is 14.5 Å². The molecular formula is C35H30ClN5O5S2. The summed E-state index contributed by atoms with van der Waals surface area (Å²) in [4.78, 5) is 50.1. The van der Waals surface area contributed by atoms with E-state index in [1.54, 1.807) is 5.38 Å². The molecule has 10 nitrogen and oxygen atoms in total. The lowest BCUT2D eigenvalue weighted by Gasteiger charge is -2.49. The van der Waals surface area contributed by atoms with Crippen LogP contribution in [0.15, 0.2) is 125 Å². The summed E-state index contributed by atoms with van der Waals surface area (Å²) in [6.45, 7) is 3.67. The lowest BCUT2D eigenvalue weighted by Crippen LogP contribution is -2.71. The summed E-state index contributed by atoms with van der Waals surface area (Å²) < 4.78 is 0. The van der Waals surface area contributed by atoms with E-state index in [1.807, 2.05) is 91.0 Å². The average Bonchev–Trinajstić information content (AvgIpc) is 3.59. The third kappa shape index (κ3) is 6.21. The Kier molecular flexibility index (Phi) is 9.95. The van der Waals surface area contributed by atoms with Gasteiger partial charge in [0.15, 0.2) is 10.8 Å². The summed E-state index contributed by atoms with van der Waals surface area (Å²) in [6.07, 6.45) is 1.49. The van der Waals surface area contributed by atoms with Crippen LogP contribution in [0.4, 0.5) is 5.13 Å². The van der Waals surface area contributed by atoms with E-state index in [1.165, 1.54) is 34.1 Å². The first-order valence-corrected chi connectivity index (χ1v) is 17.3. The fourth-order valence-electron chi connectivity index (χ4n) is 5.74. The molecule has 0 spiro atoms. The van der Waals surface area contributed by atoms with Crippen molar-refractivity contribution in [1.82, 2.24) is 15.2 Å². The number of carbonyl (C=O) groups excluding carboxylic acids is 2. The van der Waals surface area contributed by atoms with Gasteiger partial charge in [0.25, 0.3) is 11.8 Å². The van der Waals surface area contributed by atoms with Gasteiger partial charge < -0.3 is 20.6 Å². The highest BCUT2D eigenvalue weighted by atomic mass is 35.5. The Morgan fingerprint density at radius 1 is 1.04 bits per heavy atom. The molecule has 4 aromatic rings. The number of benzene rings is 3. The number of carboxylic acid groups (broad SMARTS) is 1. The van der Waals surface area contributed by atoms with Crippen LogP contribution in [0.25, 0.3) is 0 Å². The SMILES string of the molecule is C=CCO/N=C(\C(=O)NC1C(=O)N2C(C(=O)O)=C(CCl)CS[C@H]12)c1csc(NC(c2ccccc2)(c2ccccc2)c2ccccc2)n1. The van der Waals surface area contributed by atoms with Crippen molar-refractivity contribution < 1.29 is 24.3 Å². The van der Waals surface area contributed by atoms with Crippen molar-refractivity contribution in [3.63, 3.8) is 0 Å². The second-order valence-corrected chi connectivity index (χ2v) is 13.0. The molecule has 0 saturated carbocycles. The van der Waals surface area contributed by atoms with Crippen molar-refractivity contribution in [2.75, 3.05) is 23.6 Å². The molecular weight excluding hydrogens is 670 g/mol. The van der Waals surface area contributed by atoms with E-state index in [0.29, 0.717) is 16.5 Å². The number of carbonyl (C=O) groups is 3. The van der Waals surface area contributed by atoms with Crippen LogP contribution >= 0.6 is 34.7 Å². The molecule has 0 radical (unpaired) electrons. The van der Waals surface area contributed by atoms with Gasteiger partial charge in [-0.15, -0.1) is 34.7 Å². The maximum absolute atomic E-state index is 13.7. The maximum atomic E-state index is 13.7. The highest BCUT2D eigenvalue weighted by Crippen LogP contribution is 2.42. The molecule has 1 saturated heterocycles. The van der Waals surface area contributed by atoms with Gasteiger partial charge in [-0.05, 0) is 22.3 Å². The summed E-state index contributed by atoms with van der Waals surface area (Å²) in [5.74, 6) is -2.18. The first-order chi connectivity index (χ1) is 23.4. The Hall–Kier alpha value is -4.91. The van der Waals surface area contributed by atoms with Gasteiger partial charge in [0.05, 0.1) is 0 Å². The monoisotopic (exact) mass is 699 g/mol. The number of fused-ring (bicyclic) bond motifs is 1. The number of thiazole rings is 1. The molecule has 0 aliphatic carbocycles.